The number of fused-ring (bicyclic) bond motifs is 1. The molecule has 3 aromatic rings. The molecule has 0 unspecified atom stereocenters. The van der Waals surface area contributed by atoms with Gasteiger partial charge in [0.2, 0.25) is 5.91 Å². The predicted octanol–water partition coefficient (Wildman–Crippen LogP) is 5.05. The van der Waals surface area contributed by atoms with Crippen LogP contribution in [-0.4, -0.2) is 25.0 Å². The number of carbonyl (C=O) groups excluding carboxylic acids is 2. The van der Waals surface area contributed by atoms with E-state index in [-0.39, 0.29) is 10.9 Å². The van der Waals surface area contributed by atoms with Crippen LogP contribution in [0.5, 0.6) is 5.75 Å². The van der Waals surface area contributed by atoms with Gasteiger partial charge in [-0.3, -0.25) is 14.4 Å². The quantitative estimate of drug-likeness (QED) is 0.501. The Kier molecular flexibility index (Phi) is 5.29. The number of methoxy groups -OCH3 is 1. The van der Waals surface area contributed by atoms with Gasteiger partial charge in [-0.25, -0.2) is 9.96 Å². The smallest absolute Gasteiger partial charge is 0.266 e. The van der Waals surface area contributed by atoms with Crippen LogP contribution in [0.25, 0.3) is 0 Å². The first kappa shape index (κ1) is 20.8. The number of benzene rings is 3. The maximum Gasteiger partial charge on any atom is 0.266 e. The molecule has 2 saturated heterocycles. The summed E-state index contributed by atoms with van der Waals surface area (Å²) in [5, 5.41) is 2.23. The van der Waals surface area contributed by atoms with Gasteiger partial charge < -0.3 is 4.74 Å². The van der Waals surface area contributed by atoms with Crippen molar-refractivity contribution in [3.63, 3.8) is 0 Å². The molecule has 6 nitrogen and oxygen atoms in total. The second-order valence-electron chi connectivity index (χ2n) is 7.51. The van der Waals surface area contributed by atoms with Gasteiger partial charge in [-0.2, -0.15) is 0 Å². The molecule has 2 amide bonds. The summed E-state index contributed by atoms with van der Waals surface area (Å²) in [5.41, 5.74) is 1.85. The molecule has 0 aliphatic carbocycles. The number of amides is 2. The SMILES string of the molecule is COc1ccccc1[C@H]1[C@@H]2C(=O)N(c3ccc(Cl)c(Cl)c3)C(=O)[C@H]2ON1c1ccccc1. The molecular weight excluding hydrogens is 451 g/mol. The van der Waals surface area contributed by atoms with Crippen LogP contribution >= 0.6 is 23.2 Å². The zero-order valence-corrected chi connectivity index (χ0v) is 18.5. The lowest BCUT2D eigenvalue weighted by Crippen LogP contribution is -2.37. The van der Waals surface area contributed by atoms with E-state index in [1.807, 2.05) is 54.6 Å². The van der Waals surface area contributed by atoms with Gasteiger partial charge in [-0.1, -0.05) is 59.6 Å². The van der Waals surface area contributed by atoms with Crippen LogP contribution in [0.4, 0.5) is 11.4 Å². The Morgan fingerprint density at radius 1 is 0.844 bits per heavy atom. The molecule has 32 heavy (non-hydrogen) atoms. The van der Waals surface area contributed by atoms with Gasteiger partial charge in [0.05, 0.1) is 34.6 Å². The summed E-state index contributed by atoms with van der Waals surface area (Å²) in [6.07, 6.45) is -0.980. The van der Waals surface area contributed by atoms with Crippen LogP contribution < -0.4 is 14.7 Å². The van der Waals surface area contributed by atoms with Crippen LogP contribution in [0.1, 0.15) is 11.6 Å². The maximum atomic E-state index is 13.6. The molecule has 0 radical (unpaired) electrons. The largest absolute Gasteiger partial charge is 0.496 e. The Morgan fingerprint density at radius 2 is 1.56 bits per heavy atom. The maximum absolute atomic E-state index is 13.6. The number of hydrogen-bond donors (Lipinski definition) is 0. The summed E-state index contributed by atoms with van der Waals surface area (Å²) < 4.78 is 5.57. The molecule has 0 spiro atoms. The molecule has 2 heterocycles. The molecular formula is C24H18Cl2N2O4. The fraction of sp³-hybridized carbons (Fsp3) is 0.167. The molecule has 5 rings (SSSR count). The highest BCUT2D eigenvalue weighted by Gasteiger charge is 2.60. The summed E-state index contributed by atoms with van der Waals surface area (Å²) in [6.45, 7) is 0. The van der Waals surface area contributed by atoms with Gasteiger partial charge in [0, 0.05) is 5.56 Å². The minimum atomic E-state index is -0.980. The van der Waals surface area contributed by atoms with Crippen molar-refractivity contribution >= 4 is 46.4 Å². The number of ether oxygens (including phenoxy) is 1. The Hall–Kier alpha value is -3.06. The third-order valence-corrected chi connectivity index (χ3v) is 6.48. The van der Waals surface area contributed by atoms with E-state index in [1.54, 1.807) is 24.3 Å². The Balaban J connectivity index is 1.61. The lowest BCUT2D eigenvalue weighted by molar-refractivity contribution is -0.126. The number of rotatable bonds is 4. The van der Waals surface area contributed by atoms with Crippen LogP contribution in [0, 0.1) is 5.92 Å². The monoisotopic (exact) mass is 468 g/mol. The van der Waals surface area contributed by atoms with Crippen molar-refractivity contribution in [1.29, 1.82) is 0 Å². The van der Waals surface area contributed by atoms with Crippen molar-refractivity contribution in [1.82, 2.24) is 0 Å². The van der Waals surface area contributed by atoms with E-state index in [4.69, 9.17) is 32.8 Å². The summed E-state index contributed by atoms with van der Waals surface area (Å²) in [6, 6.07) is 20.9. The van der Waals surface area contributed by atoms with Crippen LogP contribution in [-0.2, 0) is 14.4 Å². The highest BCUT2D eigenvalue weighted by Crippen LogP contribution is 2.49. The molecule has 0 aromatic heterocycles. The number of imide groups is 1. The fourth-order valence-corrected chi connectivity index (χ4v) is 4.61. The molecule has 3 atom stereocenters. The van der Waals surface area contributed by atoms with E-state index in [2.05, 4.69) is 0 Å². The lowest BCUT2D eigenvalue weighted by atomic mass is 9.90. The third-order valence-electron chi connectivity index (χ3n) is 5.75. The highest BCUT2D eigenvalue weighted by atomic mass is 35.5. The van der Waals surface area contributed by atoms with E-state index < -0.39 is 24.0 Å². The number of para-hydroxylation sites is 2. The zero-order chi connectivity index (χ0) is 22.4. The van der Waals surface area contributed by atoms with E-state index >= 15 is 0 Å². The van der Waals surface area contributed by atoms with E-state index in [0.29, 0.717) is 16.5 Å². The highest BCUT2D eigenvalue weighted by molar-refractivity contribution is 6.42. The van der Waals surface area contributed by atoms with Gasteiger partial charge in [0.1, 0.15) is 11.7 Å². The van der Waals surface area contributed by atoms with Gasteiger partial charge in [-0.15, -0.1) is 0 Å². The van der Waals surface area contributed by atoms with Crippen LogP contribution in [0.2, 0.25) is 10.0 Å². The van der Waals surface area contributed by atoms with E-state index in [0.717, 1.165) is 16.2 Å². The minimum Gasteiger partial charge on any atom is -0.496 e. The first-order valence-corrected chi connectivity index (χ1v) is 10.7. The molecule has 8 heteroatoms. The van der Waals surface area contributed by atoms with Gasteiger partial charge in [-0.05, 0) is 36.4 Å². The fourth-order valence-electron chi connectivity index (χ4n) is 4.32. The molecule has 162 valence electrons. The van der Waals surface area contributed by atoms with E-state index in [1.165, 1.54) is 6.07 Å². The third kappa shape index (κ3) is 3.23. The molecule has 2 fully saturated rings. The average molecular weight is 469 g/mol. The van der Waals surface area contributed by atoms with Gasteiger partial charge >= 0.3 is 0 Å². The van der Waals surface area contributed by atoms with Gasteiger partial charge in [0.25, 0.3) is 5.91 Å². The predicted molar refractivity (Wildman–Crippen MR) is 122 cm³/mol. The van der Waals surface area contributed by atoms with Crippen LogP contribution in [0.3, 0.4) is 0 Å². The van der Waals surface area contributed by atoms with Crippen molar-refractivity contribution < 1.29 is 19.2 Å². The number of hydrogen-bond acceptors (Lipinski definition) is 5. The molecule has 3 aromatic carbocycles. The Labute approximate surface area is 194 Å². The molecule has 0 N–H and O–H groups in total. The normalized spacial score (nSPS) is 22.4. The van der Waals surface area contributed by atoms with Crippen molar-refractivity contribution in [3.8, 4) is 5.75 Å². The zero-order valence-electron chi connectivity index (χ0n) is 16.9. The Morgan fingerprint density at radius 3 is 2.28 bits per heavy atom. The number of anilines is 2. The first-order chi connectivity index (χ1) is 15.5. The summed E-state index contributed by atoms with van der Waals surface area (Å²) in [4.78, 5) is 34.2. The summed E-state index contributed by atoms with van der Waals surface area (Å²) in [5.74, 6) is -0.978. The molecule has 2 aliphatic heterocycles. The lowest BCUT2D eigenvalue weighted by Gasteiger charge is -2.29. The summed E-state index contributed by atoms with van der Waals surface area (Å²) >= 11 is 12.2. The van der Waals surface area contributed by atoms with Crippen molar-refractivity contribution in [3.05, 3.63) is 88.4 Å². The van der Waals surface area contributed by atoms with Crippen molar-refractivity contribution in [2.75, 3.05) is 17.1 Å². The number of halogens is 2. The topological polar surface area (TPSA) is 59.1 Å². The number of carbonyl (C=O) groups is 2. The van der Waals surface area contributed by atoms with Crippen molar-refractivity contribution in [2.24, 2.45) is 5.92 Å². The second-order valence-corrected chi connectivity index (χ2v) is 8.32. The number of hydroxylamine groups is 1. The Bertz CT molecular complexity index is 1200. The number of nitrogens with zero attached hydrogens (tertiary/aromatic N) is 2. The van der Waals surface area contributed by atoms with E-state index in [9.17, 15) is 9.59 Å². The van der Waals surface area contributed by atoms with Crippen LogP contribution in [0.15, 0.2) is 72.8 Å². The first-order valence-electron chi connectivity index (χ1n) is 9.98. The second kappa shape index (κ2) is 8.13. The minimum absolute atomic E-state index is 0.259. The molecule has 0 bridgehead atoms. The molecule has 0 saturated carbocycles. The average Bonchev–Trinajstić information content (AvgIpc) is 3.32. The summed E-state index contributed by atoms with van der Waals surface area (Å²) in [7, 11) is 1.57. The standard InChI is InChI=1S/C24H18Cl2N2O4/c1-31-19-10-6-5-9-16(19)21-20-22(32-28(21)14-7-3-2-4-8-14)24(30)27(23(20)29)15-11-12-17(25)18(26)13-15/h2-13,20-22H,1H3/t20-,21-,22-/m0/s1. The molecule has 2 aliphatic rings. The van der Waals surface area contributed by atoms with Gasteiger partial charge in [0.15, 0.2) is 6.10 Å². The van der Waals surface area contributed by atoms with Crippen molar-refractivity contribution in [2.45, 2.75) is 12.1 Å².